The maximum absolute atomic E-state index is 12.8. The molecule has 6 nitrogen and oxygen atoms in total. The van der Waals surface area contributed by atoms with E-state index in [0.29, 0.717) is 6.54 Å². The van der Waals surface area contributed by atoms with Gasteiger partial charge in [0.05, 0.1) is 11.4 Å². The molecule has 0 amide bonds. The number of nitrogens with zero attached hydrogens (tertiary/aromatic N) is 1. The van der Waals surface area contributed by atoms with Crippen molar-refractivity contribution in [1.82, 2.24) is 4.90 Å². The van der Waals surface area contributed by atoms with Gasteiger partial charge in [-0.1, -0.05) is 30.7 Å². The largest absolute Gasteiger partial charge is 0.508 e. The maximum atomic E-state index is 12.8. The topological polar surface area (TPSA) is 76.1 Å². The fourth-order valence-electron chi connectivity index (χ4n) is 4.31. The van der Waals surface area contributed by atoms with Crippen molar-refractivity contribution >= 4 is 10.1 Å². The van der Waals surface area contributed by atoms with Gasteiger partial charge in [0.2, 0.25) is 0 Å². The summed E-state index contributed by atoms with van der Waals surface area (Å²) in [4.78, 5) is 2.38. The zero-order valence-corrected chi connectivity index (χ0v) is 17.6. The molecule has 1 saturated heterocycles. The molecule has 2 aromatic rings. The van der Waals surface area contributed by atoms with Gasteiger partial charge in [0.15, 0.2) is 6.29 Å². The van der Waals surface area contributed by atoms with E-state index in [-0.39, 0.29) is 22.8 Å². The first-order valence-electron chi connectivity index (χ1n) is 10.1. The fraction of sp³-hybridized carbons (Fsp3) is 0.455. The van der Waals surface area contributed by atoms with Crippen LogP contribution in [0.4, 0.5) is 0 Å². The highest BCUT2D eigenvalue weighted by molar-refractivity contribution is 7.86. The van der Waals surface area contributed by atoms with Crippen molar-refractivity contribution in [3.8, 4) is 5.75 Å². The van der Waals surface area contributed by atoms with Gasteiger partial charge in [-0.25, -0.2) is 4.18 Å². The third-order valence-electron chi connectivity index (χ3n) is 5.70. The number of rotatable bonds is 5. The van der Waals surface area contributed by atoms with Gasteiger partial charge in [-0.15, -0.1) is 0 Å². The third kappa shape index (κ3) is 4.19. The molecule has 7 heteroatoms. The first-order valence-corrected chi connectivity index (χ1v) is 11.5. The number of morpholine rings is 1. The minimum atomic E-state index is -3.94. The summed E-state index contributed by atoms with van der Waals surface area (Å²) in [6.45, 7) is 5.24. The predicted octanol–water partition coefficient (Wildman–Crippen LogP) is 3.53. The summed E-state index contributed by atoms with van der Waals surface area (Å²) in [7, 11) is -3.94. The van der Waals surface area contributed by atoms with E-state index in [1.54, 1.807) is 36.4 Å². The van der Waals surface area contributed by atoms with Gasteiger partial charge >= 0.3 is 0 Å². The summed E-state index contributed by atoms with van der Waals surface area (Å²) in [5.74, 6) is 0.186. The Balaban J connectivity index is 1.61. The second-order valence-corrected chi connectivity index (χ2v) is 9.41. The van der Waals surface area contributed by atoms with E-state index in [9.17, 15) is 13.5 Å². The number of fused-ring (bicyclic) bond motifs is 3. The number of hydrogen-bond donors (Lipinski definition) is 1. The molecule has 156 valence electrons. The molecule has 1 aliphatic carbocycles. The molecule has 2 aliphatic rings. The second kappa shape index (κ2) is 8.07. The highest BCUT2D eigenvalue weighted by Crippen LogP contribution is 2.41. The standard InChI is InChI=1S/C22H27NO5S/c1-3-12-23-14-21(28-29(25,26)18-9-4-15(2)5-10-18)27-22-19-13-17(24)8-6-16(19)7-11-20(22)23/h4-6,8-10,13,20-22,24H,3,7,11-12,14H2,1-2H3. The zero-order valence-electron chi connectivity index (χ0n) is 16.7. The Hall–Kier alpha value is -1.93. The molecule has 1 fully saturated rings. The quantitative estimate of drug-likeness (QED) is 0.750. The van der Waals surface area contributed by atoms with Gasteiger partial charge in [0, 0.05) is 6.04 Å². The van der Waals surface area contributed by atoms with Gasteiger partial charge in [-0.2, -0.15) is 8.42 Å². The summed E-state index contributed by atoms with van der Waals surface area (Å²) < 4.78 is 37.2. The molecule has 1 N–H and O–H groups in total. The van der Waals surface area contributed by atoms with Crippen molar-refractivity contribution < 1.29 is 22.4 Å². The van der Waals surface area contributed by atoms with Crippen LogP contribution in [0, 0.1) is 6.92 Å². The summed E-state index contributed by atoms with van der Waals surface area (Å²) in [6.07, 6.45) is 1.56. The number of aromatic hydroxyl groups is 1. The highest BCUT2D eigenvalue weighted by Gasteiger charge is 2.42. The van der Waals surface area contributed by atoms with Crippen molar-refractivity contribution in [2.24, 2.45) is 0 Å². The van der Waals surface area contributed by atoms with Gasteiger partial charge < -0.3 is 9.84 Å². The van der Waals surface area contributed by atoms with Gasteiger partial charge in [-0.3, -0.25) is 4.90 Å². The molecule has 1 heterocycles. The van der Waals surface area contributed by atoms with Crippen LogP contribution in [0.2, 0.25) is 0 Å². The summed E-state index contributed by atoms with van der Waals surface area (Å²) in [6, 6.07) is 12.1. The van der Waals surface area contributed by atoms with Crippen molar-refractivity contribution in [2.45, 2.75) is 56.4 Å². The van der Waals surface area contributed by atoms with E-state index in [2.05, 4.69) is 11.8 Å². The van der Waals surface area contributed by atoms with Crippen LogP contribution in [0.3, 0.4) is 0 Å². The second-order valence-electron chi connectivity index (χ2n) is 7.83. The monoisotopic (exact) mass is 417 g/mol. The van der Waals surface area contributed by atoms with E-state index in [1.807, 2.05) is 13.0 Å². The lowest BCUT2D eigenvalue weighted by atomic mass is 9.84. The molecular weight excluding hydrogens is 390 g/mol. The van der Waals surface area contributed by atoms with E-state index < -0.39 is 16.4 Å². The highest BCUT2D eigenvalue weighted by atomic mass is 32.2. The Kier molecular flexibility index (Phi) is 5.66. The molecule has 0 bridgehead atoms. The van der Waals surface area contributed by atoms with Gasteiger partial charge in [0.1, 0.15) is 11.9 Å². The Labute approximate surface area is 172 Å². The van der Waals surface area contributed by atoms with Crippen LogP contribution < -0.4 is 0 Å². The lowest BCUT2D eigenvalue weighted by Crippen LogP contribution is -2.53. The average Bonchev–Trinajstić information content (AvgIpc) is 2.68. The molecule has 0 radical (unpaired) electrons. The van der Waals surface area contributed by atoms with Crippen LogP contribution in [0.5, 0.6) is 5.75 Å². The van der Waals surface area contributed by atoms with E-state index in [1.165, 1.54) is 0 Å². The Bertz CT molecular complexity index is 973. The van der Waals surface area contributed by atoms with Gasteiger partial charge in [-0.05, 0) is 68.1 Å². The maximum Gasteiger partial charge on any atom is 0.299 e. The van der Waals surface area contributed by atoms with E-state index >= 15 is 0 Å². The van der Waals surface area contributed by atoms with Crippen LogP contribution >= 0.6 is 0 Å². The molecule has 3 unspecified atom stereocenters. The third-order valence-corrected chi connectivity index (χ3v) is 7.02. The number of phenols is 1. The first kappa shape index (κ1) is 20.3. The summed E-state index contributed by atoms with van der Waals surface area (Å²) >= 11 is 0. The molecule has 0 aromatic heterocycles. The zero-order chi connectivity index (χ0) is 20.6. The smallest absolute Gasteiger partial charge is 0.299 e. The molecule has 29 heavy (non-hydrogen) atoms. The average molecular weight is 418 g/mol. The van der Waals surface area contributed by atoms with Crippen LogP contribution in [0.1, 0.15) is 42.6 Å². The molecule has 3 atom stereocenters. The van der Waals surface area contributed by atoms with Crippen molar-refractivity contribution in [1.29, 1.82) is 0 Å². The Morgan fingerprint density at radius 2 is 1.97 bits per heavy atom. The number of phenolic OH excluding ortho intramolecular Hbond substituents is 1. The number of ether oxygens (including phenoxy) is 1. The Morgan fingerprint density at radius 3 is 2.69 bits per heavy atom. The molecule has 2 aromatic carbocycles. The van der Waals surface area contributed by atoms with Crippen molar-refractivity contribution in [2.75, 3.05) is 13.1 Å². The first-order chi connectivity index (χ1) is 13.9. The van der Waals surface area contributed by atoms with Crippen LogP contribution in [-0.4, -0.2) is 43.8 Å². The minimum Gasteiger partial charge on any atom is -0.508 e. The van der Waals surface area contributed by atoms with E-state index in [0.717, 1.165) is 42.5 Å². The summed E-state index contributed by atoms with van der Waals surface area (Å²) in [5.41, 5.74) is 3.03. The number of aryl methyl sites for hydroxylation is 2. The van der Waals surface area contributed by atoms with Crippen LogP contribution in [0.15, 0.2) is 47.4 Å². The molecular formula is C22H27NO5S. The van der Waals surface area contributed by atoms with Crippen molar-refractivity contribution in [3.63, 3.8) is 0 Å². The van der Waals surface area contributed by atoms with Crippen LogP contribution in [0.25, 0.3) is 0 Å². The van der Waals surface area contributed by atoms with E-state index in [4.69, 9.17) is 8.92 Å². The number of benzene rings is 2. The molecule has 0 spiro atoms. The summed E-state index contributed by atoms with van der Waals surface area (Å²) in [5, 5.41) is 9.97. The van der Waals surface area contributed by atoms with Crippen LogP contribution in [-0.2, 0) is 25.5 Å². The molecule has 4 rings (SSSR count). The fourth-order valence-corrected chi connectivity index (χ4v) is 5.28. The number of hydrogen-bond acceptors (Lipinski definition) is 6. The Morgan fingerprint density at radius 1 is 1.21 bits per heavy atom. The minimum absolute atomic E-state index is 0.123. The molecule has 0 saturated carbocycles. The van der Waals surface area contributed by atoms with Gasteiger partial charge in [0.25, 0.3) is 10.1 Å². The SMILES string of the molecule is CCCN1CC(OS(=O)(=O)c2ccc(C)cc2)OC2c3cc(O)ccc3CCC21. The predicted molar refractivity (Wildman–Crippen MR) is 109 cm³/mol. The molecule has 1 aliphatic heterocycles. The normalized spacial score (nSPS) is 24.7. The lowest BCUT2D eigenvalue weighted by Gasteiger charge is -2.47. The van der Waals surface area contributed by atoms with Crippen molar-refractivity contribution in [3.05, 3.63) is 59.2 Å². The lowest BCUT2D eigenvalue weighted by molar-refractivity contribution is -0.197.